The number of ether oxygens (including phenoxy) is 2. The van der Waals surface area contributed by atoms with Gasteiger partial charge in [0.2, 0.25) is 6.17 Å². The summed E-state index contributed by atoms with van der Waals surface area (Å²) in [6.07, 6.45) is 0.295. The summed E-state index contributed by atoms with van der Waals surface area (Å²) in [5.74, 6) is 1.97. The minimum atomic E-state index is -0.385. The molecule has 3 N–H and O–H groups in total. The molecule has 10 heteroatoms. The smallest absolute Gasteiger partial charge is 0.251 e. The van der Waals surface area contributed by atoms with Crippen molar-refractivity contribution < 1.29 is 14.3 Å². The van der Waals surface area contributed by atoms with Gasteiger partial charge in [-0.3, -0.25) is 4.79 Å². The molecule has 10 nitrogen and oxygen atoms in total. The number of hydrogen-bond acceptors (Lipinski definition) is 9. The zero-order chi connectivity index (χ0) is 25.6. The first-order valence-corrected chi connectivity index (χ1v) is 12.3. The van der Waals surface area contributed by atoms with Crippen molar-refractivity contribution in [2.24, 2.45) is 15.3 Å². The first kappa shape index (κ1) is 24.1. The first-order valence-electron chi connectivity index (χ1n) is 12.3. The molecular formula is C27H29N7O3. The van der Waals surface area contributed by atoms with Crippen molar-refractivity contribution in [3.63, 3.8) is 0 Å². The number of aliphatic imine (C=N–C) groups is 1. The van der Waals surface area contributed by atoms with E-state index in [0.29, 0.717) is 37.6 Å². The summed E-state index contributed by atoms with van der Waals surface area (Å²) in [4.78, 5) is 17.4. The maximum absolute atomic E-state index is 12.7. The van der Waals surface area contributed by atoms with Gasteiger partial charge in [0.1, 0.15) is 0 Å². The van der Waals surface area contributed by atoms with E-state index < -0.39 is 0 Å². The molecule has 0 aromatic heterocycles. The number of amidine groups is 1. The molecule has 0 bridgehead atoms. The molecule has 2 aliphatic heterocycles. The highest BCUT2D eigenvalue weighted by atomic mass is 16.5. The predicted octanol–water partition coefficient (Wildman–Crippen LogP) is 4.63. The topological polar surface area (TPSA) is 112 Å². The van der Waals surface area contributed by atoms with Gasteiger partial charge in [-0.15, -0.1) is 5.11 Å². The number of nitrogens with one attached hydrogen (secondary N) is 3. The summed E-state index contributed by atoms with van der Waals surface area (Å²) in [6.45, 7) is 5.53. The zero-order valence-electron chi connectivity index (χ0n) is 20.8. The van der Waals surface area contributed by atoms with Crippen molar-refractivity contribution in [3.05, 3.63) is 77.9 Å². The molecule has 2 aliphatic rings. The number of hydrazine groups is 1. The molecule has 0 fully saturated rings. The summed E-state index contributed by atoms with van der Waals surface area (Å²) in [6, 6.07) is 20.9. The second-order valence-electron chi connectivity index (χ2n) is 8.40. The highest BCUT2D eigenvalue weighted by Gasteiger charge is 2.33. The van der Waals surface area contributed by atoms with Crippen molar-refractivity contribution in [1.29, 1.82) is 0 Å². The van der Waals surface area contributed by atoms with E-state index in [9.17, 15) is 4.79 Å². The number of carbonyl (C=O) groups is 1. The normalized spacial score (nSPS) is 15.2. The van der Waals surface area contributed by atoms with Crippen LogP contribution in [0, 0.1) is 0 Å². The van der Waals surface area contributed by atoms with Crippen LogP contribution in [0.2, 0.25) is 0 Å². The minimum absolute atomic E-state index is 0.133. The fraction of sp³-hybridized carbons (Fsp3) is 0.259. The van der Waals surface area contributed by atoms with Gasteiger partial charge in [0, 0.05) is 17.8 Å². The van der Waals surface area contributed by atoms with Crippen molar-refractivity contribution >= 4 is 28.8 Å². The number of fused-ring (bicyclic) bond motifs is 3. The summed E-state index contributed by atoms with van der Waals surface area (Å²) >= 11 is 0. The van der Waals surface area contributed by atoms with Gasteiger partial charge in [0.15, 0.2) is 17.3 Å². The van der Waals surface area contributed by atoms with Gasteiger partial charge in [-0.1, -0.05) is 23.4 Å². The molecule has 5 rings (SSSR count). The summed E-state index contributed by atoms with van der Waals surface area (Å²) < 4.78 is 11.3. The molecule has 0 saturated heterocycles. The number of amides is 1. The number of carbonyl (C=O) groups excluding carboxylic acids is 1. The number of hydrogen-bond donors (Lipinski definition) is 3. The molecule has 3 aromatic rings. The molecule has 0 saturated carbocycles. The van der Waals surface area contributed by atoms with Gasteiger partial charge in [-0.05, 0) is 74.4 Å². The van der Waals surface area contributed by atoms with Crippen LogP contribution >= 0.6 is 0 Å². The number of para-hydroxylation sites is 2. The van der Waals surface area contributed by atoms with E-state index in [4.69, 9.17) is 14.5 Å². The summed E-state index contributed by atoms with van der Waals surface area (Å²) in [7, 11) is 0. The molecule has 37 heavy (non-hydrogen) atoms. The molecule has 0 radical (unpaired) electrons. The van der Waals surface area contributed by atoms with Crippen LogP contribution < -0.4 is 30.7 Å². The zero-order valence-corrected chi connectivity index (χ0v) is 20.8. The molecule has 0 spiro atoms. The monoisotopic (exact) mass is 499 g/mol. The fourth-order valence-electron chi connectivity index (χ4n) is 4.17. The van der Waals surface area contributed by atoms with Crippen LogP contribution in [0.25, 0.3) is 0 Å². The minimum Gasteiger partial charge on any atom is -0.490 e. The van der Waals surface area contributed by atoms with E-state index in [-0.39, 0.29) is 12.1 Å². The van der Waals surface area contributed by atoms with E-state index in [1.165, 1.54) is 0 Å². The highest BCUT2D eigenvalue weighted by molar-refractivity contribution is 6.05. The summed E-state index contributed by atoms with van der Waals surface area (Å²) in [5, 5.41) is 16.3. The van der Waals surface area contributed by atoms with Crippen LogP contribution in [0.3, 0.4) is 0 Å². The molecule has 190 valence electrons. The first-order chi connectivity index (χ1) is 18.2. The lowest BCUT2D eigenvalue weighted by Gasteiger charge is -2.29. The second-order valence-corrected chi connectivity index (χ2v) is 8.40. The van der Waals surface area contributed by atoms with Gasteiger partial charge < -0.3 is 20.1 Å². The van der Waals surface area contributed by atoms with E-state index in [2.05, 4.69) is 26.5 Å². The third kappa shape index (κ3) is 5.32. The third-order valence-corrected chi connectivity index (χ3v) is 5.92. The maximum atomic E-state index is 12.7. The second kappa shape index (κ2) is 11.0. The van der Waals surface area contributed by atoms with Crippen molar-refractivity contribution in [1.82, 2.24) is 10.9 Å². The van der Waals surface area contributed by atoms with Gasteiger partial charge in [-0.25, -0.2) is 10.0 Å². The standard InChI is InChI=1S/C27H29N7O3/c1-3-36-23-14-9-18(17-24(23)37-4-2)15-16-28-27(35)19-10-12-20(13-11-19)29-25-26-31-32-33-34(26)22-8-6-5-7-21(22)30-25/h5-14,17,26H,3-4,15-16H2,1-2H3,(H,28,35)(H,29,30)(H,31,33). The lowest BCUT2D eigenvalue weighted by atomic mass is 10.1. The van der Waals surface area contributed by atoms with Gasteiger partial charge in [0.05, 0.1) is 24.6 Å². The molecule has 3 aromatic carbocycles. The Morgan fingerprint density at radius 3 is 2.59 bits per heavy atom. The number of benzene rings is 3. The third-order valence-electron chi connectivity index (χ3n) is 5.92. The van der Waals surface area contributed by atoms with Crippen LogP contribution in [0.1, 0.15) is 29.8 Å². The van der Waals surface area contributed by atoms with E-state index in [1.807, 2.05) is 73.5 Å². The Labute approximate surface area is 215 Å². The Morgan fingerprint density at radius 1 is 1.00 bits per heavy atom. The Morgan fingerprint density at radius 2 is 1.78 bits per heavy atom. The maximum Gasteiger partial charge on any atom is 0.251 e. The lowest BCUT2D eigenvalue weighted by molar-refractivity contribution is 0.0954. The van der Waals surface area contributed by atoms with Gasteiger partial charge >= 0.3 is 0 Å². The quantitative estimate of drug-likeness (QED) is 0.396. The van der Waals surface area contributed by atoms with Crippen LogP contribution in [0.4, 0.5) is 17.1 Å². The molecule has 0 aliphatic carbocycles. The van der Waals surface area contributed by atoms with Crippen LogP contribution in [0.5, 0.6) is 11.5 Å². The average Bonchev–Trinajstić information content (AvgIpc) is 3.42. The van der Waals surface area contributed by atoms with Crippen LogP contribution in [0.15, 0.2) is 82.1 Å². The Kier molecular flexibility index (Phi) is 7.16. The van der Waals surface area contributed by atoms with E-state index in [0.717, 1.165) is 34.1 Å². The van der Waals surface area contributed by atoms with Crippen LogP contribution in [-0.2, 0) is 6.42 Å². The van der Waals surface area contributed by atoms with Crippen molar-refractivity contribution in [3.8, 4) is 11.5 Å². The number of rotatable bonds is 9. The Bertz CT molecular complexity index is 1320. The van der Waals surface area contributed by atoms with Crippen LogP contribution in [-0.4, -0.2) is 37.7 Å². The SMILES string of the molecule is CCOc1ccc(CCNC(=O)c2ccc(NC3=Nc4ccccc4N4NN=NC34)cc2)cc1OCC. The lowest BCUT2D eigenvalue weighted by Crippen LogP contribution is -2.46. The Hall–Kier alpha value is -4.60. The Balaban J connectivity index is 1.18. The molecule has 1 atom stereocenters. The molecule has 2 heterocycles. The molecule has 1 amide bonds. The van der Waals surface area contributed by atoms with E-state index >= 15 is 0 Å². The van der Waals surface area contributed by atoms with Gasteiger partial charge in [0.25, 0.3) is 5.91 Å². The molecule has 1 unspecified atom stereocenters. The fourth-order valence-corrected chi connectivity index (χ4v) is 4.17. The van der Waals surface area contributed by atoms with Crippen molar-refractivity contribution in [2.45, 2.75) is 26.4 Å². The van der Waals surface area contributed by atoms with Gasteiger partial charge in [-0.2, -0.15) is 5.53 Å². The van der Waals surface area contributed by atoms with Crippen molar-refractivity contribution in [2.75, 3.05) is 30.1 Å². The largest absolute Gasteiger partial charge is 0.490 e. The predicted molar refractivity (Wildman–Crippen MR) is 143 cm³/mol. The summed E-state index contributed by atoms with van der Waals surface area (Å²) in [5.41, 5.74) is 7.08. The molecular weight excluding hydrogens is 470 g/mol. The highest BCUT2D eigenvalue weighted by Crippen LogP contribution is 2.35. The number of nitrogens with zero attached hydrogens (tertiary/aromatic N) is 4. The van der Waals surface area contributed by atoms with E-state index in [1.54, 1.807) is 12.1 Å². The average molecular weight is 500 g/mol. The number of anilines is 2.